The Bertz CT molecular complexity index is 661. The summed E-state index contributed by atoms with van der Waals surface area (Å²) in [6, 6.07) is 11.5. The van der Waals surface area contributed by atoms with Crippen LogP contribution in [0.15, 0.2) is 42.5 Å². The molecule has 0 fully saturated rings. The fourth-order valence-corrected chi connectivity index (χ4v) is 2.62. The van der Waals surface area contributed by atoms with Crippen LogP contribution in [-0.2, 0) is 0 Å². The molecular formula is C15H13Cl3N2O. The molecule has 0 saturated heterocycles. The molecule has 0 radical (unpaired) electrons. The zero-order valence-electron chi connectivity index (χ0n) is 11.2. The summed E-state index contributed by atoms with van der Waals surface area (Å²) in [5, 5.41) is 7.14. The van der Waals surface area contributed by atoms with Crippen molar-refractivity contribution in [3.63, 3.8) is 0 Å². The summed E-state index contributed by atoms with van der Waals surface area (Å²) in [6.45, 7) is 1.84. The molecule has 1 atom stereocenters. The van der Waals surface area contributed by atoms with Crippen molar-refractivity contribution in [2.24, 2.45) is 0 Å². The fourth-order valence-electron chi connectivity index (χ4n) is 1.86. The van der Waals surface area contributed by atoms with E-state index >= 15 is 0 Å². The fraction of sp³-hybridized carbons (Fsp3) is 0.133. The van der Waals surface area contributed by atoms with Crippen molar-refractivity contribution in [1.29, 1.82) is 0 Å². The molecule has 3 nitrogen and oxygen atoms in total. The van der Waals surface area contributed by atoms with Crippen LogP contribution >= 0.6 is 34.8 Å². The zero-order valence-corrected chi connectivity index (χ0v) is 13.4. The van der Waals surface area contributed by atoms with Crippen LogP contribution in [0.3, 0.4) is 0 Å². The second-order valence-corrected chi connectivity index (χ2v) is 5.78. The van der Waals surface area contributed by atoms with E-state index in [2.05, 4.69) is 10.6 Å². The van der Waals surface area contributed by atoms with E-state index in [4.69, 9.17) is 34.8 Å². The van der Waals surface area contributed by atoms with Gasteiger partial charge in [-0.2, -0.15) is 0 Å². The van der Waals surface area contributed by atoms with Gasteiger partial charge < -0.3 is 10.6 Å². The van der Waals surface area contributed by atoms with Gasteiger partial charge in [0.25, 0.3) is 0 Å². The van der Waals surface area contributed by atoms with E-state index < -0.39 is 0 Å². The number of nitrogens with one attached hydrogen (secondary N) is 2. The normalized spacial score (nSPS) is 11.8. The molecule has 0 spiro atoms. The average Bonchev–Trinajstić information content (AvgIpc) is 2.38. The molecule has 0 aliphatic carbocycles. The Balaban J connectivity index is 2.02. The minimum absolute atomic E-state index is 0.256. The van der Waals surface area contributed by atoms with E-state index in [9.17, 15) is 4.79 Å². The van der Waals surface area contributed by atoms with Crippen molar-refractivity contribution >= 4 is 46.5 Å². The summed E-state index contributed by atoms with van der Waals surface area (Å²) >= 11 is 17.8. The van der Waals surface area contributed by atoms with Crippen LogP contribution in [0.25, 0.3) is 0 Å². The smallest absolute Gasteiger partial charge is 0.319 e. The van der Waals surface area contributed by atoms with Crippen LogP contribution in [0.5, 0.6) is 0 Å². The Morgan fingerprint density at radius 3 is 2.43 bits per heavy atom. The van der Waals surface area contributed by atoms with Gasteiger partial charge in [-0.1, -0.05) is 46.9 Å². The lowest BCUT2D eigenvalue weighted by Crippen LogP contribution is -2.31. The highest BCUT2D eigenvalue weighted by Crippen LogP contribution is 2.26. The molecule has 2 amide bonds. The molecule has 0 unspecified atom stereocenters. The number of rotatable bonds is 3. The van der Waals surface area contributed by atoms with E-state index in [0.717, 1.165) is 5.56 Å². The first-order valence-corrected chi connectivity index (χ1v) is 7.37. The predicted molar refractivity (Wildman–Crippen MR) is 88.5 cm³/mol. The van der Waals surface area contributed by atoms with Crippen LogP contribution < -0.4 is 10.6 Å². The van der Waals surface area contributed by atoms with Crippen molar-refractivity contribution in [2.45, 2.75) is 13.0 Å². The first-order valence-electron chi connectivity index (χ1n) is 6.24. The third kappa shape index (κ3) is 4.53. The van der Waals surface area contributed by atoms with Crippen LogP contribution in [0, 0.1) is 0 Å². The lowest BCUT2D eigenvalue weighted by atomic mass is 10.1. The average molecular weight is 344 g/mol. The largest absolute Gasteiger partial charge is 0.331 e. The van der Waals surface area contributed by atoms with Crippen molar-refractivity contribution in [2.75, 3.05) is 5.32 Å². The molecule has 0 bridgehead atoms. The first kappa shape index (κ1) is 16.0. The summed E-state index contributed by atoms with van der Waals surface area (Å²) < 4.78 is 0. The number of benzene rings is 2. The topological polar surface area (TPSA) is 41.1 Å². The summed E-state index contributed by atoms with van der Waals surface area (Å²) in [5.74, 6) is 0. The number of carbonyl (C=O) groups excluding carboxylic acids is 1. The number of anilines is 1. The van der Waals surface area contributed by atoms with Gasteiger partial charge in [-0.25, -0.2) is 4.79 Å². The quantitative estimate of drug-likeness (QED) is 0.756. The van der Waals surface area contributed by atoms with E-state index in [0.29, 0.717) is 20.8 Å². The number of hydrogen-bond acceptors (Lipinski definition) is 1. The van der Waals surface area contributed by atoms with E-state index in [1.165, 1.54) is 0 Å². The highest BCUT2D eigenvalue weighted by Gasteiger charge is 2.13. The molecule has 2 N–H and O–H groups in total. The molecule has 0 aliphatic rings. The monoisotopic (exact) mass is 342 g/mol. The lowest BCUT2D eigenvalue weighted by molar-refractivity contribution is 0.249. The van der Waals surface area contributed by atoms with Crippen LogP contribution in [-0.4, -0.2) is 6.03 Å². The molecule has 0 heterocycles. The van der Waals surface area contributed by atoms with Crippen LogP contribution in [0.1, 0.15) is 18.5 Å². The number of carbonyl (C=O) groups is 1. The van der Waals surface area contributed by atoms with Gasteiger partial charge in [0, 0.05) is 20.8 Å². The Morgan fingerprint density at radius 1 is 1.05 bits per heavy atom. The first-order chi connectivity index (χ1) is 9.95. The Labute approximate surface area is 138 Å². The number of halogens is 3. The molecule has 0 aromatic heterocycles. The van der Waals surface area contributed by atoms with Gasteiger partial charge in [0.1, 0.15) is 0 Å². The molecule has 110 valence electrons. The van der Waals surface area contributed by atoms with E-state index in [-0.39, 0.29) is 12.1 Å². The van der Waals surface area contributed by atoms with Gasteiger partial charge in [0.2, 0.25) is 0 Å². The van der Waals surface area contributed by atoms with Crippen LogP contribution in [0.4, 0.5) is 10.5 Å². The van der Waals surface area contributed by atoms with E-state index in [1.807, 2.05) is 6.92 Å². The molecule has 2 aromatic carbocycles. The predicted octanol–water partition coefficient (Wildman–Crippen LogP) is 5.53. The highest BCUT2D eigenvalue weighted by atomic mass is 35.5. The highest BCUT2D eigenvalue weighted by molar-refractivity contribution is 6.35. The lowest BCUT2D eigenvalue weighted by Gasteiger charge is -2.16. The van der Waals surface area contributed by atoms with Crippen molar-refractivity contribution in [3.05, 3.63) is 63.1 Å². The van der Waals surface area contributed by atoms with Gasteiger partial charge in [0.15, 0.2) is 0 Å². The van der Waals surface area contributed by atoms with Gasteiger partial charge in [-0.05, 0) is 42.8 Å². The molecule has 0 saturated carbocycles. The molecule has 6 heteroatoms. The zero-order chi connectivity index (χ0) is 15.4. The Morgan fingerprint density at radius 2 is 1.76 bits per heavy atom. The van der Waals surface area contributed by atoms with E-state index in [1.54, 1.807) is 42.5 Å². The summed E-state index contributed by atoms with van der Waals surface area (Å²) in [5.41, 5.74) is 1.41. The summed E-state index contributed by atoms with van der Waals surface area (Å²) in [7, 11) is 0. The van der Waals surface area contributed by atoms with Crippen molar-refractivity contribution in [1.82, 2.24) is 5.32 Å². The Kier molecular flexibility index (Phi) is 5.34. The van der Waals surface area contributed by atoms with Crippen molar-refractivity contribution in [3.8, 4) is 0 Å². The number of urea groups is 1. The maximum atomic E-state index is 12.0. The second-order valence-electron chi connectivity index (χ2n) is 4.50. The van der Waals surface area contributed by atoms with Gasteiger partial charge in [0.05, 0.1) is 6.04 Å². The standard InChI is InChI=1S/C15H13Cl3N2O/c1-9(13-6-5-11(17)8-14(13)18)19-15(21)20-12-4-2-3-10(16)7-12/h2-9H,1H3,(H2,19,20,21)/t9-/m0/s1. The molecule has 2 rings (SSSR count). The molecular weight excluding hydrogens is 331 g/mol. The molecule has 0 aliphatic heterocycles. The summed E-state index contributed by atoms with van der Waals surface area (Å²) in [4.78, 5) is 12.0. The van der Waals surface area contributed by atoms with Gasteiger partial charge >= 0.3 is 6.03 Å². The van der Waals surface area contributed by atoms with Crippen LogP contribution in [0.2, 0.25) is 15.1 Å². The summed E-state index contributed by atoms with van der Waals surface area (Å²) in [6.07, 6.45) is 0. The van der Waals surface area contributed by atoms with Crippen molar-refractivity contribution < 1.29 is 4.79 Å². The third-order valence-corrected chi connectivity index (χ3v) is 3.66. The van der Waals surface area contributed by atoms with Gasteiger partial charge in [-0.15, -0.1) is 0 Å². The third-order valence-electron chi connectivity index (χ3n) is 2.86. The number of hydrogen-bond donors (Lipinski definition) is 2. The maximum Gasteiger partial charge on any atom is 0.319 e. The number of amides is 2. The maximum absolute atomic E-state index is 12.0. The second kappa shape index (κ2) is 7.03. The Hall–Kier alpha value is -1.42. The minimum atomic E-state index is -0.337. The SMILES string of the molecule is C[C@H](NC(=O)Nc1cccc(Cl)c1)c1ccc(Cl)cc1Cl. The molecule has 21 heavy (non-hydrogen) atoms. The minimum Gasteiger partial charge on any atom is -0.331 e. The van der Waals surface area contributed by atoms with Gasteiger partial charge in [-0.3, -0.25) is 0 Å². The molecule has 2 aromatic rings.